The summed E-state index contributed by atoms with van der Waals surface area (Å²) in [6, 6.07) is 21.8. The van der Waals surface area contributed by atoms with E-state index in [0.717, 1.165) is 44.9 Å². The van der Waals surface area contributed by atoms with Crippen LogP contribution in [-0.2, 0) is 22.3 Å². The number of hydrogen-bond donors (Lipinski definition) is 2. The van der Waals surface area contributed by atoms with Gasteiger partial charge in [0.15, 0.2) is 0 Å². The highest BCUT2D eigenvalue weighted by atomic mass is 32.2. The first-order chi connectivity index (χ1) is 23.6. The minimum atomic E-state index is -0.0314. The van der Waals surface area contributed by atoms with E-state index in [9.17, 15) is 10.2 Å². The highest BCUT2D eigenvalue weighted by molar-refractivity contribution is 8.03. The number of hydrogen-bond acceptors (Lipinski definition) is 4. The fourth-order valence-corrected chi connectivity index (χ4v) is 10.6. The van der Waals surface area contributed by atoms with Gasteiger partial charge in [-0.2, -0.15) is 23.5 Å². The molecule has 4 aromatic rings. The standard InChI is InChI=1S/C46H60O2S2/c1-29-17-15-18-30(2)41(29)37-25-35(45(5,6)7)23-33(43(37)47)27-49-39-21-13-11-12-14-22-40(39)50-28-34-24-36(46(8,9)10)26-38(44(34)48)42-31(3)19-16-20-32(42)4/h15-20,23-26,39-40,47-48H,11-14,21-22,27-28H2,1-10H3/t39-,40-/m0/s1. The maximum Gasteiger partial charge on any atom is 0.127 e. The average Bonchev–Trinajstić information content (AvgIpc) is 3.01. The summed E-state index contributed by atoms with van der Waals surface area (Å²) < 4.78 is 0. The lowest BCUT2D eigenvalue weighted by Gasteiger charge is -2.30. The maximum absolute atomic E-state index is 11.9. The van der Waals surface area contributed by atoms with Crippen molar-refractivity contribution in [1.82, 2.24) is 0 Å². The van der Waals surface area contributed by atoms with Gasteiger partial charge >= 0.3 is 0 Å². The van der Waals surface area contributed by atoms with Crippen LogP contribution < -0.4 is 0 Å². The van der Waals surface area contributed by atoms with Crippen molar-refractivity contribution in [1.29, 1.82) is 0 Å². The van der Waals surface area contributed by atoms with Gasteiger partial charge in [-0.05, 0) is 108 Å². The first-order valence-electron chi connectivity index (χ1n) is 18.7. The number of aromatic hydroxyl groups is 2. The summed E-state index contributed by atoms with van der Waals surface area (Å²) in [6.07, 6.45) is 7.46. The minimum absolute atomic E-state index is 0.0314. The number of benzene rings is 4. The molecule has 4 heteroatoms. The summed E-state index contributed by atoms with van der Waals surface area (Å²) in [5, 5.41) is 24.7. The zero-order valence-corrected chi connectivity index (χ0v) is 33.9. The van der Waals surface area contributed by atoms with Crippen LogP contribution in [0.15, 0.2) is 60.7 Å². The van der Waals surface area contributed by atoms with E-state index in [0.29, 0.717) is 22.0 Å². The van der Waals surface area contributed by atoms with E-state index >= 15 is 0 Å². The van der Waals surface area contributed by atoms with Crippen LogP contribution in [0.1, 0.15) is 125 Å². The molecule has 0 saturated heterocycles. The predicted octanol–water partition coefficient (Wildman–Crippen LogP) is 13.5. The Morgan fingerprint density at radius 1 is 0.540 bits per heavy atom. The van der Waals surface area contributed by atoms with Crippen LogP contribution >= 0.6 is 23.5 Å². The van der Waals surface area contributed by atoms with E-state index in [1.165, 1.54) is 71.9 Å². The van der Waals surface area contributed by atoms with Gasteiger partial charge in [0.25, 0.3) is 0 Å². The molecule has 2 atom stereocenters. The van der Waals surface area contributed by atoms with E-state index in [1.54, 1.807) is 0 Å². The van der Waals surface area contributed by atoms with E-state index < -0.39 is 0 Å². The molecule has 1 aliphatic carbocycles. The molecular weight excluding hydrogens is 649 g/mol. The number of thioether (sulfide) groups is 2. The van der Waals surface area contributed by atoms with Gasteiger partial charge in [0, 0.05) is 44.3 Å². The lowest BCUT2D eigenvalue weighted by atomic mass is 9.83. The Morgan fingerprint density at radius 2 is 0.880 bits per heavy atom. The summed E-state index contributed by atoms with van der Waals surface area (Å²) in [6.45, 7) is 22.2. The Kier molecular flexibility index (Phi) is 12.2. The molecular formula is C46H60O2S2. The molecule has 0 spiro atoms. The van der Waals surface area contributed by atoms with E-state index in [4.69, 9.17) is 0 Å². The van der Waals surface area contributed by atoms with Crippen LogP contribution in [0, 0.1) is 27.7 Å². The fraction of sp³-hybridized carbons (Fsp3) is 0.478. The second kappa shape index (κ2) is 15.8. The van der Waals surface area contributed by atoms with E-state index in [2.05, 4.69) is 130 Å². The predicted molar refractivity (Wildman–Crippen MR) is 221 cm³/mol. The Morgan fingerprint density at radius 3 is 1.20 bits per heavy atom. The second-order valence-electron chi connectivity index (χ2n) is 16.8. The van der Waals surface area contributed by atoms with Gasteiger partial charge in [0.2, 0.25) is 0 Å². The zero-order valence-electron chi connectivity index (χ0n) is 32.3. The normalized spacial score (nSPS) is 17.4. The van der Waals surface area contributed by atoms with Gasteiger partial charge in [0.05, 0.1) is 0 Å². The van der Waals surface area contributed by atoms with Gasteiger partial charge in [-0.3, -0.25) is 0 Å². The number of rotatable bonds is 8. The molecule has 5 rings (SSSR count). The molecule has 268 valence electrons. The first kappa shape index (κ1) is 38.4. The van der Waals surface area contributed by atoms with Crippen LogP contribution in [0.5, 0.6) is 11.5 Å². The number of phenolic OH excluding ortho intramolecular Hbond substituents is 2. The monoisotopic (exact) mass is 708 g/mol. The van der Waals surface area contributed by atoms with Gasteiger partial charge in [-0.15, -0.1) is 0 Å². The van der Waals surface area contributed by atoms with E-state index in [1.807, 2.05) is 23.5 Å². The summed E-state index contributed by atoms with van der Waals surface area (Å²) in [4.78, 5) is 0. The molecule has 1 fully saturated rings. The quantitative estimate of drug-likeness (QED) is 0.191. The molecule has 1 saturated carbocycles. The van der Waals surface area contributed by atoms with Crippen LogP contribution in [0.4, 0.5) is 0 Å². The van der Waals surface area contributed by atoms with Gasteiger partial charge in [-0.1, -0.05) is 116 Å². The highest BCUT2D eigenvalue weighted by Crippen LogP contribution is 2.45. The maximum atomic E-state index is 11.9. The first-order valence-corrected chi connectivity index (χ1v) is 20.7. The molecule has 0 unspecified atom stereocenters. The third-order valence-corrected chi connectivity index (χ3v) is 13.8. The third kappa shape index (κ3) is 8.79. The topological polar surface area (TPSA) is 40.5 Å². The van der Waals surface area contributed by atoms with Crippen molar-refractivity contribution in [2.75, 3.05) is 0 Å². The second-order valence-corrected chi connectivity index (χ2v) is 19.2. The van der Waals surface area contributed by atoms with Crippen molar-refractivity contribution >= 4 is 23.5 Å². The smallest absolute Gasteiger partial charge is 0.127 e. The molecule has 0 heterocycles. The van der Waals surface area contributed by atoms with Crippen molar-refractivity contribution in [2.24, 2.45) is 0 Å². The molecule has 2 nitrogen and oxygen atoms in total. The summed E-state index contributed by atoms with van der Waals surface area (Å²) in [5.74, 6) is 2.44. The molecule has 0 amide bonds. The Balaban J connectivity index is 1.46. The lowest BCUT2D eigenvalue weighted by molar-refractivity contribution is 0.470. The summed E-state index contributed by atoms with van der Waals surface area (Å²) in [7, 11) is 0. The molecule has 0 bridgehead atoms. The zero-order chi connectivity index (χ0) is 36.4. The van der Waals surface area contributed by atoms with Crippen molar-refractivity contribution in [3.05, 3.63) is 105 Å². The Bertz CT molecular complexity index is 1630. The largest absolute Gasteiger partial charge is 0.507 e. The average molecular weight is 709 g/mol. The van der Waals surface area contributed by atoms with Gasteiger partial charge in [0.1, 0.15) is 11.5 Å². The van der Waals surface area contributed by atoms with E-state index in [-0.39, 0.29) is 10.8 Å². The highest BCUT2D eigenvalue weighted by Gasteiger charge is 2.28. The van der Waals surface area contributed by atoms with Gasteiger partial charge in [-0.25, -0.2) is 0 Å². The van der Waals surface area contributed by atoms with Crippen molar-refractivity contribution in [2.45, 2.75) is 141 Å². The van der Waals surface area contributed by atoms with Crippen molar-refractivity contribution < 1.29 is 10.2 Å². The summed E-state index contributed by atoms with van der Waals surface area (Å²) >= 11 is 4.07. The van der Waals surface area contributed by atoms with Crippen LogP contribution in [-0.4, -0.2) is 20.7 Å². The van der Waals surface area contributed by atoms with Gasteiger partial charge < -0.3 is 10.2 Å². The molecule has 1 aliphatic rings. The third-order valence-electron chi connectivity index (χ3n) is 10.7. The molecule has 50 heavy (non-hydrogen) atoms. The number of aryl methyl sites for hydroxylation is 4. The SMILES string of the molecule is Cc1cccc(C)c1-c1cc(C(C)(C)C)cc(CS[C@H]2CCCCCC[C@@H]2SCc2cc(C(C)(C)C)cc(-c3c(C)cccc3C)c2O)c1O. The van der Waals surface area contributed by atoms with Crippen molar-refractivity contribution in [3.63, 3.8) is 0 Å². The fourth-order valence-electron chi connectivity index (χ4n) is 7.53. The molecule has 0 aliphatic heterocycles. The van der Waals surface area contributed by atoms with Crippen LogP contribution in [0.25, 0.3) is 22.3 Å². The molecule has 0 aromatic heterocycles. The Hall–Kier alpha value is -2.82. The van der Waals surface area contributed by atoms with Crippen LogP contribution in [0.2, 0.25) is 0 Å². The Labute approximate surface area is 311 Å². The lowest BCUT2D eigenvalue weighted by Crippen LogP contribution is -2.22. The van der Waals surface area contributed by atoms with Crippen LogP contribution in [0.3, 0.4) is 0 Å². The summed E-state index contributed by atoms with van der Waals surface area (Å²) in [5.41, 5.74) is 13.6. The molecule has 2 N–H and O–H groups in total. The molecule has 4 aromatic carbocycles. The van der Waals surface area contributed by atoms with Crippen molar-refractivity contribution in [3.8, 4) is 33.8 Å². The molecule has 0 radical (unpaired) electrons. The number of phenols is 2. The minimum Gasteiger partial charge on any atom is -0.507 e.